The average molecular weight is 363 g/mol. The monoisotopic (exact) mass is 363 g/mol. The molecule has 0 atom stereocenters. The highest BCUT2D eigenvalue weighted by Crippen LogP contribution is 2.27. The van der Waals surface area contributed by atoms with Gasteiger partial charge in [0.25, 0.3) is 5.91 Å². The Kier molecular flexibility index (Phi) is 4.99. The van der Waals surface area contributed by atoms with E-state index in [9.17, 15) is 18.4 Å². The number of fused-ring (bicyclic) bond motifs is 1. The van der Waals surface area contributed by atoms with Crippen LogP contribution in [0.1, 0.15) is 22.6 Å². The topological polar surface area (TPSA) is 93.2 Å². The Labute approximate surface area is 148 Å². The zero-order chi connectivity index (χ0) is 18.8. The van der Waals surface area contributed by atoms with E-state index in [0.29, 0.717) is 30.2 Å². The zero-order valence-corrected chi connectivity index (χ0v) is 14.3. The van der Waals surface area contributed by atoms with Crippen molar-refractivity contribution in [1.82, 2.24) is 19.8 Å². The highest BCUT2D eigenvalue weighted by atomic mass is 19.2. The standard InChI is InChI=1S/C17H19F2N5O2/c1-23-5-2-6-24-13(9-23)15(17(26)21-8-14(20)25)22-16(24)10-3-4-11(18)12(19)7-10/h3-4,7H,2,5-6,8-9H2,1H3,(H2,20,25)(H,21,26). The van der Waals surface area contributed by atoms with Gasteiger partial charge in [-0.3, -0.25) is 9.59 Å². The number of amides is 2. The van der Waals surface area contributed by atoms with Crippen LogP contribution in [-0.4, -0.2) is 46.4 Å². The minimum atomic E-state index is -0.981. The van der Waals surface area contributed by atoms with Crippen molar-refractivity contribution < 1.29 is 18.4 Å². The number of aromatic nitrogens is 2. The Morgan fingerprint density at radius 2 is 2.04 bits per heavy atom. The summed E-state index contributed by atoms with van der Waals surface area (Å²) < 4.78 is 28.8. The quantitative estimate of drug-likeness (QED) is 0.843. The molecule has 0 aliphatic carbocycles. The lowest BCUT2D eigenvalue weighted by atomic mass is 10.2. The predicted molar refractivity (Wildman–Crippen MR) is 90.1 cm³/mol. The lowest BCUT2D eigenvalue weighted by molar-refractivity contribution is -0.117. The van der Waals surface area contributed by atoms with E-state index < -0.39 is 23.4 Å². The average Bonchev–Trinajstić information content (AvgIpc) is 2.82. The maximum Gasteiger partial charge on any atom is 0.272 e. The fraction of sp³-hybridized carbons (Fsp3) is 0.353. The number of imidazole rings is 1. The van der Waals surface area contributed by atoms with Gasteiger partial charge in [-0.25, -0.2) is 13.8 Å². The van der Waals surface area contributed by atoms with Crippen LogP contribution in [0.15, 0.2) is 18.2 Å². The van der Waals surface area contributed by atoms with Crippen LogP contribution in [0.2, 0.25) is 0 Å². The van der Waals surface area contributed by atoms with E-state index in [1.54, 1.807) is 0 Å². The molecular weight excluding hydrogens is 344 g/mol. The SMILES string of the molecule is CN1CCCn2c(-c3ccc(F)c(F)c3)nc(C(=O)NCC(N)=O)c2C1. The second-order valence-electron chi connectivity index (χ2n) is 6.25. The number of rotatable bonds is 4. The summed E-state index contributed by atoms with van der Waals surface area (Å²) in [5, 5.41) is 2.43. The van der Waals surface area contributed by atoms with Gasteiger partial charge in [-0.15, -0.1) is 0 Å². The lowest BCUT2D eigenvalue weighted by Crippen LogP contribution is -2.34. The number of benzene rings is 1. The van der Waals surface area contributed by atoms with Crippen LogP contribution in [0.25, 0.3) is 11.4 Å². The van der Waals surface area contributed by atoms with Crippen LogP contribution in [0.3, 0.4) is 0 Å². The molecule has 9 heteroatoms. The molecule has 0 saturated carbocycles. The molecule has 7 nitrogen and oxygen atoms in total. The van der Waals surface area contributed by atoms with Gasteiger partial charge in [0.2, 0.25) is 5.91 Å². The van der Waals surface area contributed by atoms with E-state index in [4.69, 9.17) is 5.73 Å². The molecule has 3 rings (SSSR count). The summed E-state index contributed by atoms with van der Waals surface area (Å²) in [6, 6.07) is 3.51. The number of carbonyl (C=O) groups excluding carboxylic acids is 2. The van der Waals surface area contributed by atoms with E-state index in [1.165, 1.54) is 6.07 Å². The maximum absolute atomic E-state index is 13.7. The molecule has 26 heavy (non-hydrogen) atoms. The smallest absolute Gasteiger partial charge is 0.272 e. The first kappa shape index (κ1) is 18.0. The minimum absolute atomic E-state index is 0.153. The highest BCUT2D eigenvalue weighted by Gasteiger charge is 2.26. The molecule has 0 fully saturated rings. The fourth-order valence-corrected chi connectivity index (χ4v) is 3.01. The molecule has 1 aromatic carbocycles. The summed E-state index contributed by atoms with van der Waals surface area (Å²) >= 11 is 0. The van der Waals surface area contributed by atoms with E-state index in [-0.39, 0.29) is 12.2 Å². The Balaban J connectivity index is 2.07. The molecular formula is C17H19F2N5O2. The Hall–Kier alpha value is -2.81. The van der Waals surface area contributed by atoms with Crippen molar-refractivity contribution in [2.24, 2.45) is 5.73 Å². The van der Waals surface area contributed by atoms with Crippen LogP contribution in [0.4, 0.5) is 8.78 Å². The molecule has 1 aliphatic rings. The van der Waals surface area contributed by atoms with Crippen molar-refractivity contribution in [2.45, 2.75) is 19.5 Å². The molecule has 0 unspecified atom stereocenters. The van der Waals surface area contributed by atoms with Gasteiger partial charge in [-0.2, -0.15) is 0 Å². The van der Waals surface area contributed by atoms with Crippen LogP contribution >= 0.6 is 0 Å². The number of nitrogens with one attached hydrogen (secondary N) is 1. The normalized spacial score (nSPS) is 14.6. The lowest BCUT2D eigenvalue weighted by Gasteiger charge is -2.13. The molecule has 2 aromatic rings. The Morgan fingerprint density at radius 3 is 2.73 bits per heavy atom. The second kappa shape index (κ2) is 7.20. The van der Waals surface area contributed by atoms with Gasteiger partial charge in [-0.1, -0.05) is 0 Å². The van der Waals surface area contributed by atoms with Crippen LogP contribution < -0.4 is 11.1 Å². The molecule has 0 radical (unpaired) electrons. The summed E-state index contributed by atoms with van der Waals surface area (Å²) in [4.78, 5) is 29.8. The van der Waals surface area contributed by atoms with Crippen molar-refractivity contribution in [3.8, 4) is 11.4 Å². The van der Waals surface area contributed by atoms with E-state index >= 15 is 0 Å². The molecule has 138 valence electrons. The summed E-state index contributed by atoms with van der Waals surface area (Å²) in [5.74, 6) is -2.74. The number of nitrogens with two attached hydrogens (primary N) is 1. The van der Waals surface area contributed by atoms with Gasteiger partial charge in [0.15, 0.2) is 17.3 Å². The van der Waals surface area contributed by atoms with E-state index in [0.717, 1.165) is 25.1 Å². The fourth-order valence-electron chi connectivity index (χ4n) is 3.01. The molecule has 0 spiro atoms. The van der Waals surface area contributed by atoms with Crippen molar-refractivity contribution in [3.63, 3.8) is 0 Å². The highest BCUT2D eigenvalue weighted by molar-refractivity contribution is 5.96. The third-order valence-corrected chi connectivity index (χ3v) is 4.23. The van der Waals surface area contributed by atoms with Gasteiger partial charge in [0, 0.05) is 18.7 Å². The number of carbonyl (C=O) groups is 2. The minimum Gasteiger partial charge on any atom is -0.368 e. The van der Waals surface area contributed by atoms with Gasteiger partial charge < -0.3 is 20.5 Å². The molecule has 2 heterocycles. The number of primary amides is 1. The molecule has 1 aromatic heterocycles. The first-order valence-corrected chi connectivity index (χ1v) is 8.16. The van der Waals surface area contributed by atoms with Gasteiger partial charge in [0.05, 0.1) is 12.2 Å². The zero-order valence-electron chi connectivity index (χ0n) is 14.3. The molecule has 0 saturated heterocycles. The number of nitrogens with zero attached hydrogens (tertiary/aromatic N) is 3. The number of hydrogen-bond donors (Lipinski definition) is 2. The van der Waals surface area contributed by atoms with Crippen LogP contribution in [0, 0.1) is 11.6 Å². The van der Waals surface area contributed by atoms with E-state index in [1.807, 2.05) is 16.5 Å². The first-order valence-electron chi connectivity index (χ1n) is 8.16. The number of halogens is 2. The third-order valence-electron chi connectivity index (χ3n) is 4.23. The predicted octanol–water partition coefficient (Wildman–Crippen LogP) is 0.879. The van der Waals surface area contributed by atoms with Crippen LogP contribution in [0.5, 0.6) is 0 Å². The van der Waals surface area contributed by atoms with Crippen molar-refractivity contribution >= 4 is 11.8 Å². The second-order valence-corrected chi connectivity index (χ2v) is 6.25. The molecule has 2 amide bonds. The van der Waals surface area contributed by atoms with Crippen molar-refractivity contribution in [2.75, 3.05) is 20.1 Å². The van der Waals surface area contributed by atoms with E-state index in [2.05, 4.69) is 10.3 Å². The van der Waals surface area contributed by atoms with Crippen LogP contribution in [-0.2, 0) is 17.9 Å². The Morgan fingerprint density at radius 1 is 1.27 bits per heavy atom. The van der Waals surface area contributed by atoms with Crippen molar-refractivity contribution in [3.05, 3.63) is 41.2 Å². The first-order chi connectivity index (χ1) is 12.4. The molecule has 3 N–H and O–H groups in total. The van der Waals surface area contributed by atoms with Crippen molar-refractivity contribution in [1.29, 1.82) is 0 Å². The summed E-state index contributed by atoms with van der Waals surface area (Å²) in [6.45, 7) is 1.57. The summed E-state index contributed by atoms with van der Waals surface area (Å²) in [6.07, 6.45) is 0.818. The molecule has 1 aliphatic heterocycles. The van der Waals surface area contributed by atoms with Gasteiger partial charge in [-0.05, 0) is 38.2 Å². The van der Waals surface area contributed by atoms with Gasteiger partial charge in [0.1, 0.15) is 5.82 Å². The largest absolute Gasteiger partial charge is 0.368 e. The van der Waals surface area contributed by atoms with Gasteiger partial charge >= 0.3 is 0 Å². The third kappa shape index (κ3) is 3.57. The number of hydrogen-bond acceptors (Lipinski definition) is 4. The summed E-state index contributed by atoms with van der Waals surface area (Å²) in [7, 11) is 1.92. The Bertz CT molecular complexity index is 865. The molecule has 0 bridgehead atoms. The maximum atomic E-state index is 13.7. The summed E-state index contributed by atoms with van der Waals surface area (Å²) in [5.41, 5.74) is 6.26.